The van der Waals surface area contributed by atoms with Crippen molar-refractivity contribution >= 4 is 23.2 Å². The Kier molecular flexibility index (Phi) is 8.01. The molecule has 2 rings (SSSR count). The summed E-state index contributed by atoms with van der Waals surface area (Å²) in [5, 5.41) is 0. The van der Waals surface area contributed by atoms with Crippen LogP contribution < -0.4 is 4.90 Å². The number of ketones is 2. The molecule has 0 bridgehead atoms. The number of rotatable bonds is 11. The van der Waals surface area contributed by atoms with E-state index in [1.165, 1.54) is 26.2 Å². The number of nitrogens with zero attached hydrogens (tertiary/aromatic N) is 1. The third-order valence-corrected chi connectivity index (χ3v) is 5.32. The molecular weight excluding hydrogens is 342 g/mol. The second-order valence-electron chi connectivity index (χ2n) is 7.24. The van der Waals surface area contributed by atoms with Crippen LogP contribution >= 0.6 is 0 Å². The summed E-state index contributed by atoms with van der Waals surface area (Å²) < 4.78 is 5.21. The van der Waals surface area contributed by atoms with Crippen LogP contribution in [0, 0.1) is 0 Å². The summed E-state index contributed by atoms with van der Waals surface area (Å²) in [5.74, 6) is -1.92. The average Bonchev–Trinajstić information content (AvgIpc) is 3.13. The van der Waals surface area contributed by atoms with Crippen LogP contribution in [0.15, 0.2) is 30.3 Å². The standard InChI is InChI=1S/C22H31NO4/c1-3-4-5-6-7-11-17-27-21(26)20(25)22(18(2)24)15-12-16-23(22)19-13-9-8-10-14-19/h8-10,13-14H,3-7,11-12,15-17H2,1-2H3. The summed E-state index contributed by atoms with van der Waals surface area (Å²) in [7, 11) is 0. The van der Waals surface area contributed by atoms with Crippen molar-refractivity contribution < 1.29 is 19.1 Å². The molecule has 148 valence electrons. The zero-order valence-corrected chi connectivity index (χ0v) is 16.5. The number of unbranched alkanes of at least 4 members (excludes halogenated alkanes) is 5. The molecule has 1 unspecified atom stereocenters. The Labute approximate surface area is 162 Å². The Bertz CT molecular complexity index is 643. The summed E-state index contributed by atoms with van der Waals surface area (Å²) >= 11 is 0. The van der Waals surface area contributed by atoms with Crippen molar-refractivity contribution in [3.63, 3.8) is 0 Å². The average molecular weight is 373 g/mol. The van der Waals surface area contributed by atoms with Crippen molar-refractivity contribution in [1.29, 1.82) is 0 Å². The monoisotopic (exact) mass is 373 g/mol. The molecule has 0 aromatic heterocycles. The van der Waals surface area contributed by atoms with E-state index < -0.39 is 17.3 Å². The van der Waals surface area contributed by atoms with E-state index >= 15 is 0 Å². The number of anilines is 1. The summed E-state index contributed by atoms with van der Waals surface area (Å²) in [4.78, 5) is 39.6. The predicted molar refractivity (Wildman–Crippen MR) is 106 cm³/mol. The van der Waals surface area contributed by atoms with Crippen LogP contribution in [0.1, 0.15) is 65.2 Å². The molecule has 1 atom stereocenters. The molecule has 1 aromatic carbocycles. The lowest BCUT2D eigenvalue weighted by Crippen LogP contribution is -2.58. The van der Waals surface area contributed by atoms with Crippen LogP contribution in [-0.2, 0) is 19.1 Å². The van der Waals surface area contributed by atoms with Crippen molar-refractivity contribution in [2.75, 3.05) is 18.1 Å². The molecule has 1 aliphatic rings. The number of benzene rings is 1. The van der Waals surface area contributed by atoms with Gasteiger partial charge in [-0.05, 0) is 38.3 Å². The number of Topliss-reactive ketones (excluding diaryl/α,β-unsaturated/α-hetero) is 2. The van der Waals surface area contributed by atoms with Gasteiger partial charge in [0.1, 0.15) is 0 Å². The summed E-state index contributed by atoms with van der Waals surface area (Å²) in [5.41, 5.74) is -0.651. The molecule has 5 nitrogen and oxygen atoms in total. The van der Waals surface area contributed by atoms with Crippen molar-refractivity contribution in [3.8, 4) is 0 Å². The van der Waals surface area contributed by atoms with Crippen molar-refractivity contribution in [1.82, 2.24) is 0 Å². The number of carbonyl (C=O) groups is 3. The second kappa shape index (κ2) is 10.2. The topological polar surface area (TPSA) is 63.7 Å². The van der Waals surface area contributed by atoms with Crippen LogP contribution in [0.4, 0.5) is 5.69 Å². The smallest absolute Gasteiger partial charge is 0.377 e. The first-order valence-electron chi connectivity index (χ1n) is 10.1. The molecule has 1 aromatic rings. The molecule has 0 saturated carbocycles. The van der Waals surface area contributed by atoms with Gasteiger partial charge in [0.25, 0.3) is 5.78 Å². The maximum atomic E-state index is 13.0. The number of para-hydroxylation sites is 1. The highest BCUT2D eigenvalue weighted by Crippen LogP contribution is 2.36. The van der Waals surface area contributed by atoms with Crippen molar-refractivity contribution in [3.05, 3.63) is 30.3 Å². The normalized spacial score (nSPS) is 19.1. The first-order chi connectivity index (χ1) is 13.0. The molecule has 27 heavy (non-hydrogen) atoms. The largest absolute Gasteiger partial charge is 0.460 e. The lowest BCUT2D eigenvalue weighted by atomic mass is 9.86. The Hall–Kier alpha value is -2.17. The van der Waals surface area contributed by atoms with E-state index in [4.69, 9.17) is 4.74 Å². The molecule has 0 amide bonds. The van der Waals surface area contributed by atoms with E-state index in [0.29, 0.717) is 19.4 Å². The third-order valence-electron chi connectivity index (χ3n) is 5.32. The first kappa shape index (κ1) is 21.1. The van der Waals surface area contributed by atoms with Gasteiger partial charge in [0, 0.05) is 12.2 Å². The highest BCUT2D eigenvalue weighted by molar-refractivity contribution is 6.43. The molecule has 1 saturated heterocycles. The van der Waals surface area contributed by atoms with E-state index in [2.05, 4.69) is 6.92 Å². The lowest BCUT2D eigenvalue weighted by molar-refractivity contribution is -0.157. The molecule has 1 heterocycles. The quantitative estimate of drug-likeness (QED) is 0.253. The van der Waals surface area contributed by atoms with Crippen molar-refractivity contribution in [2.45, 2.75) is 70.8 Å². The van der Waals surface area contributed by atoms with Crippen molar-refractivity contribution in [2.24, 2.45) is 0 Å². The second-order valence-corrected chi connectivity index (χ2v) is 7.24. The molecule has 1 aliphatic heterocycles. The maximum absolute atomic E-state index is 13.0. The fourth-order valence-electron chi connectivity index (χ4n) is 3.82. The van der Waals surface area contributed by atoms with E-state index in [1.54, 1.807) is 4.90 Å². The SMILES string of the molecule is CCCCCCCCOC(=O)C(=O)C1(C(C)=O)CCCN1c1ccccc1. The van der Waals surface area contributed by atoms with Gasteiger partial charge in [0.05, 0.1) is 6.61 Å². The number of ether oxygens (including phenoxy) is 1. The zero-order valence-electron chi connectivity index (χ0n) is 16.5. The summed E-state index contributed by atoms with van der Waals surface area (Å²) in [6, 6.07) is 9.32. The molecule has 0 spiro atoms. The van der Waals surface area contributed by atoms with Gasteiger partial charge in [-0.3, -0.25) is 9.59 Å². The van der Waals surface area contributed by atoms with Gasteiger partial charge in [-0.2, -0.15) is 0 Å². The Balaban J connectivity index is 2.00. The molecular formula is C22H31NO4. The minimum absolute atomic E-state index is 0.232. The number of carbonyl (C=O) groups excluding carboxylic acids is 3. The van der Waals surface area contributed by atoms with Gasteiger partial charge in [0.2, 0.25) is 0 Å². The van der Waals surface area contributed by atoms with E-state index in [1.807, 2.05) is 30.3 Å². The third kappa shape index (κ3) is 4.96. The highest BCUT2D eigenvalue weighted by atomic mass is 16.5. The minimum atomic E-state index is -1.43. The molecule has 1 fully saturated rings. The van der Waals surface area contributed by atoms with Crippen LogP contribution in [0.2, 0.25) is 0 Å². The Morgan fingerprint density at radius 2 is 1.70 bits per heavy atom. The predicted octanol–water partition coefficient (Wildman–Crippen LogP) is 4.09. The Morgan fingerprint density at radius 3 is 2.37 bits per heavy atom. The lowest BCUT2D eigenvalue weighted by Gasteiger charge is -2.35. The summed E-state index contributed by atoms with van der Waals surface area (Å²) in [6.45, 7) is 4.36. The van der Waals surface area contributed by atoms with Gasteiger partial charge >= 0.3 is 5.97 Å². The van der Waals surface area contributed by atoms with Gasteiger partial charge in [-0.1, -0.05) is 57.2 Å². The number of hydrogen-bond acceptors (Lipinski definition) is 5. The Morgan fingerprint density at radius 1 is 1.04 bits per heavy atom. The highest BCUT2D eigenvalue weighted by Gasteiger charge is 2.54. The van der Waals surface area contributed by atoms with Crippen LogP contribution in [0.5, 0.6) is 0 Å². The fraction of sp³-hybridized carbons (Fsp3) is 0.591. The van der Waals surface area contributed by atoms with Gasteiger partial charge in [0.15, 0.2) is 11.3 Å². The van der Waals surface area contributed by atoms with Gasteiger partial charge in [-0.15, -0.1) is 0 Å². The number of esters is 1. The maximum Gasteiger partial charge on any atom is 0.377 e. The van der Waals surface area contributed by atoms with Crippen LogP contribution in [-0.4, -0.2) is 36.2 Å². The molecule has 0 radical (unpaired) electrons. The van der Waals surface area contributed by atoms with Crippen LogP contribution in [0.3, 0.4) is 0 Å². The molecule has 0 aliphatic carbocycles. The molecule has 0 N–H and O–H groups in total. The first-order valence-corrected chi connectivity index (χ1v) is 10.1. The van der Waals surface area contributed by atoms with Crippen LogP contribution in [0.25, 0.3) is 0 Å². The fourth-order valence-corrected chi connectivity index (χ4v) is 3.82. The van der Waals surface area contributed by atoms with Gasteiger partial charge < -0.3 is 9.64 Å². The zero-order chi connectivity index (χ0) is 19.7. The van der Waals surface area contributed by atoms with Gasteiger partial charge in [-0.25, -0.2) is 4.79 Å². The number of hydrogen-bond donors (Lipinski definition) is 0. The van der Waals surface area contributed by atoms with E-state index in [0.717, 1.165) is 24.9 Å². The molecule has 5 heteroatoms. The summed E-state index contributed by atoms with van der Waals surface area (Å²) in [6.07, 6.45) is 7.46. The van der Waals surface area contributed by atoms with E-state index in [-0.39, 0.29) is 12.4 Å². The minimum Gasteiger partial charge on any atom is -0.460 e. The van der Waals surface area contributed by atoms with E-state index in [9.17, 15) is 14.4 Å².